The number of hydrogen-bond acceptors (Lipinski definition) is 9. The number of morpholine rings is 1. The standard InChI is InChI=1S/C32H46N8O3/c1-31(2)10-4-5-13-39-29(42)22-15-33-30(34-21-6-7-23-20(14-21)16-37(3)19-32(23)11-12-32)36-27(22)40(39)25-9-8-24-28(35-25)38(18-31)26(41)17-43-24/h4-7,14,22,24-25,27-28,30,33-36H,8-13,15-19H2,1-3H3/b5-4-. The first-order valence-electron chi connectivity index (χ1n) is 16.2. The van der Waals surface area contributed by atoms with E-state index in [1.165, 1.54) is 24.0 Å². The van der Waals surface area contributed by atoms with Crippen LogP contribution in [0.2, 0.25) is 0 Å². The summed E-state index contributed by atoms with van der Waals surface area (Å²) in [6, 6.07) is 6.86. The molecule has 8 rings (SSSR count). The molecule has 5 fully saturated rings. The van der Waals surface area contributed by atoms with E-state index in [-0.39, 0.29) is 60.6 Å². The van der Waals surface area contributed by atoms with Crippen molar-refractivity contribution < 1.29 is 14.3 Å². The van der Waals surface area contributed by atoms with E-state index in [2.05, 4.69) is 82.4 Å². The largest absolute Gasteiger partial charge is 0.365 e. The Bertz CT molecular complexity index is 1330. The Kier molecular flexibility index (Phi) is 6.67. The number of rotatable bonds is 2. The van der Waals surface area contributed by atoms with Crippen LogP contribution in [0.5, 0.6) is 0 Å². The topological polar surface area (TPSA) is 104 Å². The minimum absolute atomic E-state index is 0.0313. The Balaban J connectivity index is 1.05. The van der Waals surface area contributed by atoms with Gasteiger partial charge < -0.3 is 19.9 Å². The molecule has 1 aliphatic carbocycles. The van der Waals surface area contributed by atoms with E-state index in [1.807, 2.05) is 9.91 Å². The summed E-state index contributed by atoms with van der Waals surface area (Å²) >= 11 is 0. The molecule has 11 heteroatoms. The molecule has 6 unspecified atom stereocenters. The summed E-state index contributed by atoms with van der Waals surface area (Å²) in [5, 5.41) is 18.9. The van der Waals surface area contributed by atoms with Gasteiger partial charge in [-0.05, 0) is 67.8 Å². The van der Waals surface area contributed by atoms with Gasteiger partial charge in [0.25, 0.3) is 0 Å². The number of piperidine rings is 1. The number of hydrazine groups is 1. The number of nitrogens with zero attached hydrogens (tertiary/aromatic N) is 4. The van der Waals surface area contributed by atoms with Crippen molar-refractivity contribution in [3.8, 4) is 0 Å². The van der Waals surface area contributed by atoms with E-state index in [0.29, 0.717) is 25.0 Å². The molecule has 6 heterocycles. The number of allylic oxidation sites excluding steroid dienone is 1. The number of nitrogens with one attached hydrogen (secondary N) is 4. The van der Waals surface area contributed by atoms with Crippen LogP contribution in [0.1, 0.15) is 57.1 Å². The van der Waals surface area contributed by atoms with Gasteiger partial charge in [-0.1, -0.05) is 32.1 Å². The van der Waals surface area contributed by atoms with Crippen molar-refractivity contribution in [2.45, 2.75) is 88.8 Å². The Labute approximate surface area is 254 Å². The SMILES string of the molecule is CN1Cc2cc(NC3NCC4C(=O)N5C/C=C\CC(C)(C)CN6C(=O)COC7CCC(NC76)N5C4N3)ccc2C2(CC2)C1. The maximum absolute atomic E-state index is 13.9. The van der Waals surface area contributed by atoms with Crippen LogP contribution in [0.25, 0.3) is 0 Å². The Morgan fingerprint density at radius 2 is 1.91 bits per heavy atom. The van der Waals surface area contributed by atoms with Crippen LogP contribution >= 0.6 is 0 Å². The van der Waals surface area contributed by atoms with Gasteiger partial charge in [0, 0.05) is 37.3 Å². The molecule has 11 nitrogen and oxygen atoms in total. The molecular weight excluding hydrogens is 544 g/mol. The first kappa shape index (κ1) is 28.0. The van der Waals surface area contributed by atoms with E-state index >= 15 is 0 Å². The number of amides is 2. The highest BCUT2D eigenvalue weighted by molar-refractivity contribution is 5.82. The van der Waals surface area contributed by atoms with Crippen LogP contribution in [0.15, 0.2) is 30.4 Å². The number of fused-ring (bicyclic) bond motifs is 7. The van der Waals surface area contributed by atoms with Gasteiger partial charge in [0.2, 0.25) is 11.8 Å². The van der Waals surface area contributed by atoms with E-state index in [4.69, 9.17) is 4.74 Å². The number of hydrogen-bond donors (Lipinski definition) is 4. The highest BCUT2D eigenvalue weighted by atomic mass is 16.5. The van der Waals surface area contributed by atoms with Crippen LogP contribution < -0.4 is 21.3 Å². The van der Waals surface area contributed by atoms with Gasteiger partial charge >= 0.3 is 0 Å². The highest BCUT2D eigenvalue weighted by Gasteiger charge is 2.54. The number of carbonyl (C=O) groups excluding carboxylic acids is 2. The molecule has 0 aromatic heterocycles. The lowest BCUT2D eigenvalue weighted by Gasteiger charge is -2.51. The average molecular weight is 591 g/mol. The Morgan fingerprint density at radius 3 is 2.74 bits per heavy atom. The molecule has 1 saturated carbocycles. The monoisotopic (exact) mass is 590 g/mol. The molecule has 1 spiro atoms. The minimum atomic E-state index is -0.210. The molecule has 2 bridgehead atoms. The van der Waals surface area contributed by atoms with Crippen molar-refractivity contribution in [2.24, 2.45) is 11.3 Å². The maximum atomic E-state index is 13.9. The van der Waals surface area contributed by atoms with Crippen LogP contribution in [-0.2, 0) is 26.3 Å². The summed E-state index contributed by atoms with van der Waals surface area (Å²) in [7, 11) is 2.22. The fraction of sp³-hybridized carbons (Fsp3) is 0.688. The van der Waals surface area contributed by atoms with E-state index in [9.17, 15) is 9.59 Å². The maximum Gasteiger partial charge on any atom is 0.249 e. The normalized spacial score (nSPS) is 37.6. The third-order valence-electron chi connectivity index (χ3n) is 10.8. The van der Waals surface area contributed by atoms with Crippen molar-refractivity contribution in [2.75, 3.05) is 45.2 Å². The summed E-state index contributed by atoms with van der Waals surface area (Å²) in [5.41, 5.74) is 4.31. The van der Waals surface area contributed by atoms with Crippen molar-refractivity contribution in [1.29, 1.82) is 0 Å². The lowest BCUT2D eigenvalue weighted by molar-refractivity contribution is -0.179. The second kappa shape index (κ2) is 10.3. The molecule has 6 atom stereocenters. The molecule has 1 aromatic carbocycles. The zero-order chi connectivity index (χ0) is 29.5. The van der Waals surface area contributed by atoms with Crippen LogP contribution in [0.4, 0.5) is 5.69 Å². The van der Waals surface area contributed by atoms with Gasteiger partial charge in [0.05, 0.1) is 30.9 Å². The molecule has 4 N–H and O–H groups in total. The summed E-state index contributed by atoms with van der Waals surface area (Å²) in [6.07, 6.45) is 8.64. The molecule has 0 radical (unpaired) electrons. The average Bonchev–Trinajstić information content (AvgIpc) is 3.68. The van der Waals surface area contributed by atoms with E-state index in [0.717, 1.165) is 38.0 Å². The Hall–Kier alpha value is -2.54. The Morgan fingerprint density at radius 1 is 1.05 bits per heavy atom. The molecular formula is C32H46N8O3. The van der Waals surface area contributed by atoms with Crippen molar-refractivity contribution in [1.82, 2.24) is 35.8 Å². The van der Waals surface area contributed by atoms with Crippen molar-refractivity contribution in [3.63, 3.8) is 0 Å². The van der Waals surface area contributed by atoms with Gasteiger partial charge in [-0.3, -0.25) is 30.5 Å². The first-order valence-corrected chi connectivity index (χ1v) is 16.2. The highest BCUT2D eigenvalue weighted by Crippen LogP contribution is 2.52. The van der Waals surface area contributed by atoms with Gasteiger partial charge in [-0.25, -0.2) is 0 Å². The predicted octanol–water partition coefficient (Wildman–Crippen LogP) is 1.30. The molecule has 2 amide bonds. The quantitative estimate of drug-likeness (QED) is 0.380. The number of likely N-dealkylation sites (N-methyl/N-ethyl adjacent to an activating group) is 1. The molecule has 6 aliphatic heterocycles. The number of ether oxygens (including phenoxy) is 1. The van der Waals surface area contributed by atoms with Gasteiger partial charge in [-0.15, -0.1) is 0 Å². The number of anilines is 1. The predicted molar refractivity (Wildman–Crippen MR) is 162 cm³/mol. The van der Waals surface area contributed by atoms with Gasteiger partial charge in [-0.2, -0.15) is 5.01 Å². The van der Waals surface area contributed by atoms with E-state index < -0.39 is 0 Å². The number of benzene rings is 1. The fourth-order valence-electron chi connectivity index (χ4n) is 8.55. The molecule has 4 saturated heterocycles. The molecule has 7 aliphatic rings. The third-order valence-corrected chi connectivity index (χ3v) is 10.8. The third kappa shape index (κ3) is 4.89. The van der Waals surface area contributed by atoms with E-state index in [1.54, 1.807) is 0 Å². The van der Waals surface area contributed by atoms with Crippen molar-refractivity contribution >= 4 is 17.5 Å². The zero-order valence-corrected chi connectivity index (χ0v) is 25.6. The smallest absolute Gasteiger partial charge is 0.249 e. The summed E-state index contributed by atoms with van der Waals surface area (Å²) in [5.74, 6) is -0.0450. The van der Waals surface area contributed by atoms with Crippen molar-refractivity contribution in [3.05, 3.63) is 41.5 Å². The summed E-state index contributed by atoms with van der Waals surface area (Å²) in [6.45, 7) is 8.47. The molecule has 232 valence electrons. The van der Waals surface area contributed by atoms with Gasteiger partial charge in [0.1, 0.15) is 19.1 Å². The van der Waals surface area contributed by atoms with Crippen LogP contribution in [-0.4, -0.2) is 102 Å². The molecule has 1 aromatic rings. The second-order valence-corrected chi connectivity index (χ2v) is 14.7. The summed E-state index contributed by atoms with van der Waals surface area (Å²) < 4.78 is 6.02. The zero-order valence-electron chi connectivity index (χ0n) is 25.6. The van der Waals surface area contributed by atoms with Crippen LogP contribution in [0, 0.1) is 11.3 Å². The van der Waals surface area contributed by atoms with Gasteiger partial charge in [0.15, 0.2) is 0 Å². The molecule has 43 heavy (non-hydrogen) atoms. The fourth-order valence-corrected chi connectivity index (χ4v) is 8.55. The second-order valence-electron chi connectivity index (χ2n) is 14.7. The summed E-state index contributed by atoms with van der Waals surface area (Å²) in [4.78, 5) is 31.4. The van der Waals surface area contributed by atoms with Crippen LogP contribution in [0.3, 0.4) is 0 Å². The first-order chi connectivity index (χ1) is 20.7. The lowest BCUT2D eigenvalue weighted by atomic mass is 9.87. The lowest BCUT2D eigenvalue weighted by Crippen LogP contribution is -2.72. The minimum Gasteiger partial charge on any atom is -0.365 e. The number of carbonyl (C=O) groups is 2.